The summed E-state index contributed by atoms with van der Waals surface area (Å²) < 4.78 is 15.7. The fourth-order valence-corrected chi connectivity index (χ4v) is 4.38. The maximum absolute atomic E-state index is 13.6. The minimum absolute atomic E-state index is 0.0904. The highest BCUT2D eigenvalue weighted by Gasteiger charge is 2.56. The highest BCUT2D eigenvalue weighted by Crippen LogP contribution is 2.51. The average Bonchev–Trinajstić information content (AvgIpc) is 3.06. The van der Waals surface area contributed by atoms with Gasteiger partial charge in [0.15, 0.2) is 0 Å². The smallest absolute Gasteiger partial charge is 0.340 e. The molecule has 0 bridgehead atoms. The first-order valence-electron chi connectivity index (χ1n) is 10.00. The molecule has 176 valence electrons. The highest BCUT2D eigenvalue weighted by atomic mass is 35.5. The SMILES string of the molecule is COc1ccc(CN2C(=O)c3cnc(OC)c([N+](=O)[O-])c3C2(O)c2ccccc2Cl)c(OC)c1. The second kappa shape index (κ2) is 8.81. The minimum Gasteiger partial charge on any atom is -0.497 e. The number of halogens is 1. The van der Waals surface area contributed by atoms with Crippen LogP contribution in [0.25, 0.3) is 0 Å². The number of carbonyl (C=O) groups excluding carboxylic acids is 1. The largest absolute Gasteiger partial charge is 0.497 e. The van der Waals surface area contributed by atoms with Crippen LogP contribution in [0.3, 0.4) is 0 Å². The number of methoxy groups -OCH3 is 3. The number of hydrogen-bond acceptors (Lipinski definition) is 8. The van der Waals surface area contributed by atoms with Gasteiger partial charge >= 0.3 is 5.69 Å². The Morgan fingerprint density at radius 2 is 1.88 bits per heavy atom. The fraction of sp³-hybridized carbons (Fsp3) is 0.217. The molecule has 1 unspecified atom stereocenters. The molecule has 34 heavy (non-hydrogen) atoms. The van der Waals surface area contributed by atoms with Crippen molar-refractivity contribution in [3.63, 3.8) is 0 Å². The van der Waals surface area contributed by atoms with E-state index in [1.165, 1.54) is 33.5 Å². The van der Waals surface area contributed by atoms with E-state index in [0.29, 0.717) is 17.1 Å². The van der Waals surface area contributed by atoms with Gasteiger partial charge < -0.3 is 19.3 Å². The lowest BCUT2D eigenvalue weighted by atomic mass is 9.92. The Kier molecular flexibility index (Phi) is 6.03. The summed E-state index contributed by atoms with van der Waals surface area (Å²) in [7, 11) is 4.18. The quantitative estimate of drug-likeness (QED) is 0.398. The van der Waals surface area contributed by atoms with Gasteiger partial charge in [0.05, 0.1) is 38.4 Å². The minimum atomic E-state index is -2.30. The van der Waals surface area contributed by atoms with Crippen molar-refractivity contribution in [3.05, 3.63) is 86.1 Å². The number of amides is 1. The number of ether oxygens (including phenoxy) is 3. The number of fused-ring (bicyclic) bond motifs is 1. The second-order valence-corrected chi connectivity index (χ2v) is 7.79. The van der Waals surface area contributed by atoms with Crippen molar-refractivity contribution in [2.75, 3.05) is 21.3 Å². The standard InChI is InChI=1S/C23H20ClN3O7/c1-32-14-9-8-13(18(10-14)33-2)12-26-22(28)15-11-25-21(34-3)20(27(30)31)19(15)23(26,29)16-6-4-5-7-17(16)24/h4-11,29H,12H2,1-3H3. The van der Waals surface area contributed by atoms with Gasteiger partial charge in [0.1, 0.15) is 17.1 Å². The first-order chi connectivity index (χ1) is 16.3. The van der Waals surface area contributed by atoms with E-state index in [1.807, 2.05) is 0 Å². The van der Waals surface area contributed by atoms with E-state index < -0.39 is 22.2 Å². The van der Waals surface area contributed by atoms with Crippen LogP contribution in [0.2, 0.25) is 5.02 Å². The molecule has 2 aromatic carbocycles. The van der Waals surface area contributed by atoms with E-state index in [0.717, 1.165) is 11.1 Å². The lowest BCUT2D eigenvalue weighted by molar-refractivity contribution is -0.388. The summed E-state index contributed by atoms with van der Waals surface area (Å²) in [6, 6.07) is 11.3. The molecule has 0 saturated carbocycles. The molecule has 0 fully saturated rings. The average molecular weight is 486 g/mol. The molecule has 1 atom stereocenters. The first-order valence-corrected chi connectivity index (χ1v) is 10.4. The molecule has 3 aromatic rings. The molecule has 1 aromatic heterocycles. The van der Waals surface area contributed by atoms with Gasteiger partial charge in [-0.2, -0.15) is 0 Å². The predicted molar refractivity (Wildman–Crippen MR) is 121 cm³/mol. The van der Waals surface area contributed by atoms with Crippen LogP contribution in [-0.2, 0) is 12.3 Å². The molecule has 1 amide bonds. The predicted octanol–water partition coefficient (Wildman–Crippen LogP) is 3.52. The zero-order valence-electron chi connectivity index (χ0n) is 18.4. The van der Waals surface area contributed by atoms with Crippen LogP contribution >= 0.6 is 11.6 Å². The van der Waals surface area contributed by atoms with Gasteiger partial charge in [-0.3, -0.25) is 19.8 Å². The second-order valence-electron chi connectivity index (χ2n) is 7.38. The number of rotatable bonds is 7. The molecule has 1 N–H and O–H groups in total. The number of carbonyl (C=O) groups is 1. The molecule has 2 heterocycles. The molecule has 1 aliphatic heterocycles. The molecule has 1 aliphatic rings. The van der Waals surface area contributed by atoms with E-state index in [2.05, 4.69) is 4.98 Å². The van der Waals surface area contributed by atoms with E-state index in [9.17, 15) is 20.0 Å². The Morgan fingerprint density at radius 3 is 2.50 bits per heavy atom. The van der Waals surface area contributed by atoms with Crippen LogP contribution in [0.15, 0.2) is 48.7 Å². The number of aliphatic hydroxyl groups is 1. The van der Waals surface area contributed by atoms with Crippen molar-refractivity contribution >= 4 is 23.2 Å². The van der Waals surface area contributed by atoms with Crippen LogP contribution in [0.1, 0.15) is 27.0 Å². The molecule has 0 saturated heterocycles. The molecule has 0 spiro atoms. The molecular weight excluding hydrogens is 466 g/mol. The lowest BCUT2D eigenvalue weighted by Crippen LogP contribution is -2.44. The van der Waals surface area contributed by atoms with Crippen LogP contribution in [0.4, 0.5) is 5.69 Å². The number of benzene rings is 2. The Bertz CT molecular complexity index is 1300. The van der Waals surface area contributed by atoms with Crippen LogP contribution in [0, 0.1) is 10.1 Å². The lowest BCUT2D eigenvalue weighted by Gasteiger charge is -2.35. The third-order valence-corrected chi connectivity index (χ3v) is 6.01. The van der Waals surface area contributed by atoms with E-state index in [4.69, 9.17) is 25.8 Å². The van der Waals surface area contributed by atoms with Crippen molar-refractivity contribution in [3.8, 4) is 17.4 Å². The summed E-state index contributed by atoms with van der Waals surface area (Å²) in [5, 5.41) is 24.3. The van der Waals surface area contributed by atoms with E-state index >= 15 is 0 Å². The molecule has 11 heteroatoms. The monoisotopic (exact) mass is 485 g/mol. The summed E-state index contributed by atoms with van der Waals surface area (Å²) in [4.78, 5) is 29.9. The van der Waals surface area contributed by atoms with Crippen LogP contribution < -0.4 is 14.2 Å². The Balaban J connectivity index is 1.99. The Morgan fingerprint density at radius 1 is 1.15 bits per heavy atom. The maximum atomic E-state index is 13.6. The summed E-state index contributed by atoms with van der Waals surface area (Å²) in [6.45, 7) is -0.165. The van der Waals surface area contributed by atoms with Gasteiger partial charge in [-0.15, -0.1) is 0 Å². The first kappa shape index (κ1) is 23.3. The van der Waals surface area contributed by atoms with Crippen molar-refractivity contribution in [2.45, 2.75) is 12.3 Å². The topological polar surface area (TPSA) is 124 Å². The van der Waals surface area contributed by atoms with Gasteiger partial charge in [0, 0.05) is 28.4 Å². The molecule has 10 nitrogen and oxygen atoms in total. The summed E-state index contributed by atoms with van der Waals surface area (Å²) in [6.07, 6.45) is 1.15. The van der Waals surface area contributed by atoms with Gasteiger partial charge in [-0.05, 0) is 18.2 Å². The zero-order valence-corrected chi connectivity index (χ0v) is 19.2. The number of hydrogen-bond donors (Lipinski definition) is 1. The highest BCUT2D eigenvalue weighted by molar-refractivity contribution is 6.31. The third kappa shape index (κ3) is 3.47. The van der Waals surface area contributed by atoms with Crippen LogP contribution in [0.5, 0.6) is 17.4 Å². The summed E-state index contributed by atoms with van der Waals surface area (Å²) >= 11 is 6.42. The number of nitrogens with zero attached hydrogens (tertiary/aromatic N) is 3. The van der Waals surface area contributed by atoms with Crippen LogP contribution in [-0.4, -0.2) is 47.2 Å². The van der Waals surface area contributed by atoms with Crippen molar-refractivity contribution < 1.29 is 29.0 Å². The molecule has 4 rings (SSSR count). The normalized spacial score (nSPS) is 16.9. The van der Waals surface area contributed by atoms with Gasteiger partial charge in [-0.1, -0.05) is 29.8 Å². The van der Waals surface area contributed by atoms with Gasteiger partial charge in [0.2, 0.25) is 5.72 Å². The van der Waals surface area contributed by atoms with Crippen molar-refractivity contribution in [1.82, 2.24) is 9.88 Å². The fourth-order valence-electron chi connectivity index (χ4n) is 4.11. The molecular formula is C23H20ClN3O7. The number of aromatic nitrogens is 1. The Labute approximate surface area is 199 Å². The van der Waals surface area contributed by atoms with Crippen molar-refractivity contribution in [1.29, 1.82) is 0 Å². The van der Waals surface area contributed by atoms with Crippen molar-refractivity contribution in [2.24, 2.45) is 0 Å². The zero-order chi connectivity index (χ0) is 24.6. The molecule has 0 aliphatic carbocycles. The maximum Gasteiger partial charge on any atom is 0.340 e. The number of nitro groups is 1. The summed E-state index contributed by atoms with van der Waals surface area (Å²) in [5.74, 6) is -0.0863. The Hall–Kier alpha value is -3.89. The summed E-state index contributed by atoms with van der Waals surface area (Å²) in [5.41, 5.74) is -2.71. The van der Waals surface area contributed by atoms with E-state index in [-0.39, 0.29) is 34.1 Å². The van der Waals surface area contributed by atoms with E-state index in [1.54, 1.807) is 30.3 Å². The third-order valence-electron chi connectivity index (χ3n) is 5.68. The number of pyridine rings is 1. The van der Waals surface area contributed by atoms with Gasteiger partial charge in [0.25, 0.3) is 11.8 Å². The van der Waals surface area contributed by atoms with Gasteiger partial charge in [-0.25, -0.2) is 4.98 Å². The molecule has 0 radical (unpaired) electrons.